The number of hydrogen-bond acceptors (Lipinski definition) is 16. The van der Waals surface area contributed by atoms with E-state index in [4.69, 9.17) is 60.6 Å². The minimum atomic E-state index is -4.11. The number of rotatable bonds is 18. The number of halogens is 5. The minimum Gasteiger partial charge on any atom is -0.456 e. The summed E-state index contributed by atoms with van der Waals surface area (Å²) >= 11 is 25.6. The normalized spacial score (nSPS) is 14.5. The van der Waals surface area contributed by atoms with Gasteiger partial charge in [-0.1, -0.05) is 70.3 Å². The molecule has 548 valence electrons. The first-order valence-electron chi connectivity index (χ1n) is 32.4. The first-order valence-corrected chi connectivity index (χ1v) is 39.1. The molecule has 104 heavy (non-hydrogen) atoms. The molecule has 3 aliphatic heterocycles. The van der Waals surface area contributed by atoms with E-state index in [-0.39, 0.29) is 79.8 Å². The van der Waals surface area contributed by atoms with Crippen LogP contribution in [0.3, 0.4) is 0 Å². The van der Waals surface area contributed by atoms with Gasteiger partial charge in [0.1, 0.15) is 44.2 Å². The molecule has 0 saturated carbocycles. The number of aryl methyl sites for hydroxylation is 2. The highest BCUT2D eigenvalue weighted by atomic mass is 35.5. The number of carbonyl (C=O) groups is 3. The molecule has 3 aliphatic rings. The Morgan fingerprint density at radius 1 is 0.558 bits per heavy atom. The van der Waals surface area contributed by atoms with Crippen molar-refractivity contribution in [2.75, 3.05) is 51.1 Å². The molecule has 10 rings (SSSR count). The lowest BCUT2D eigenvalue weighted by Crippen LogP contribution is -2.49. The monoisotopic (exact) mass is 1570 g/mol. The second kappa shape index (κ2) is 36.4. The third-order valence-electron chi connectivity index (χ3n) is 15.8. The lowest BCUT2D eigenvalue weighted by atomic mass is 10.1. The third kappa shape index (κ3) is 23.9. The Labute approximate surface area is 629 Å². The van der Waals surface area contributed by atoms with Gasteiger partial charge >= 0.3 is 18.2 Å². The number of anilines is 1. The van der Waals surface area contributed by atoms with Crippen molar-refractivity contribution in [3.05, 3.63) is 200 Å². The number of nitrogens with zero attached hydrogens (tertiary/aromatic N) is 6. The topological polar surface area (TPSA) is 323 Å². The third-order valence-corrected chi connectivity index (χ3v) is 22.5. The summed E-state index contributed by atoms with van der Waals surface area (Å²) in [5.41, 5.74) is 2.15. The average Bonchev–Trinajstić information content (AvgIpc) is 0.803. The molecule has 3 heterocycles. The van der Waals surface area contributed by atoms with Crippen LogP contribution >= 0.6 is 58.2 Å². The first-order chi connectivity index (χ1) is 49.2. The molecule has 0 aromatic heterocycles. The molecular formula is C72H74Cl4FN11O12S4. The van der Waals surface area contributed by atoms with Crippen molar-refractivity contribution >= 4 is 112 Å². The number of hydrogen-bond donors (Lipinski definition) is 5. The highest BCUT2D eigenvalue weighted by Crippen LogP contribution is 2.38. The molecular weight excluding hydrogens is 1500 g/mol. The Bertz CT molecular complexity index is 4760. The van der Waals surface area contributed by atoms with Gasteiger partial charge in [-0.15, -0.1) is 6.58 Å². The van der Waals surface area contributed by atoms with Crippen LogP contribution in [-0.4, -0.2) is 128 Å². The van der Waals surface area contributed by atoms with E-state index in [0.717, 1.165) is 16.0 Å². The summed E-state index contributed by atoms with van der Waals surface area (Å²) < 4.78 is 118. The summed E-state index contributed by atoms with van der Waals surface area (Å²) in [7, 11) is -12.0. The van der Waals surface area contributed by atoms with Crippen LogP contribution in [0.4, 0.5) is 24.5 Å². The van der Waals surface area contributed by atoms with Gasteiger partial charge in [0.2, 0.25) is 30.1 Å². The van der Waals surface area contributed by atoms with Gasteiger partial charge < -0.3 is 39.5 Å². The molecule has 23 nitrogen and oxygen atoms in total. The van der Waals surface area contributed by atoms with Crippen LogP contribution in [0.1, 0.15) is 87.1 Å². The maximum atomic E-state index is 13.4. The van der Waals surface area contributed by atoms with Crippen molar-refractivity contribution in [2.45, 2.75) is 121 Å². The zero-order valence-electron chi connectivity index (χ0n) is 57.0. The highest BCUT2D eigenvalue weighted by molar-refractivity contribution is 8.00. The number of ether oxygens (including phenoxy) is 3. The van der Waals surface area contributed by atoms with Crippen LogP contribution in [-0.2, 0) is 34.8 Å². The smallest absolute Gasteiger partial charge is 0.410 e. The van der Waals surface area contributed by atoms with E-state index in [1.807, 2.05) is 44.2 Å². The highest BCUT2D eigenvalue weighted by Gasteiger charge is 2.34. The Morgan fingerprint density at radius 3 is 1.43 bits per heavy atom. The minimum absolute atomic E-state index is 0.00302. The molecule has 0 radical (unpaired) electrons. The van der Waals surface area contributed by atoms with Crippen molar-refractivity contribution in [3.63, 3.8) is 0 Å². The Morgan fingerprint density at radius 2 is 0.981 bits per heavy atom. The van der Waals surface area contributed by atoms with E-state index >= 15 is 0 Å². The van der Waals surface area contributed by atoms with Crippen LogP contribution in [0.2, 0.25) is 20.1 Å². The predicted molar refractivity (Wildman–Crippen MR) is 397 cm³/mol. The molecule has 0 aliphatic carbocycles. The van der Waals surface area contributed by atoms with Crippen LogP contribution in [0, 0.1) is 53.7 Å². The fourth-order valence-corrected chi connectivity index (χ4v) is 17.8. The maximum absolute atomic E-state index is 13.4. The molecule has 32 heteroatoms. The zero-order chi connectivity index (χ0) is 75.7. The second-order valence-corrected chi connectivity index (χ2v) is 33.1. The molecule has 0 bridgehead atoms. The summed E-state index contributed by atoms with van der Waals surface area (Å²) in [4.78, 5) is 42.6. The average molecular weight is 1570 g/mol. The number of piperidine rings is 3. The van der Waals surface area contributed by atoms with Crippen LogP contribution in [0.5, 0.6) is 23.0 Å². The van der Waals surface area contributed by atoms with Crippen LogP contribution in [0.25, 0.3) is 0 Å². The van der Waals surface area contributed by atoms with E-state index < -0.39 is 59.7 Å². The number of urea groups is 2. The molecule has 5 amide bonds. The number of sulfonamides is 3. The van der Waals surface area contributed by atoms with Gasteiger partial charge in [0, 0.05) is 99.5 Å². The van der Waals surface area contributed by atoms with Gasteiger partial charge in [0.05, 0.1) is 39.8 Å². The largest absolute Gasteiger partial charge is 0.456 e. The van der Waals surface area contributed by atoms with Crippen molar-refractivity contribution in [1.82, 2.24) is 34.2 Å². The number of benzene rings is 7. The van der Waals surface area contributed by atoms with Gasteiger partial charge in [-0.05, 0) is 212 Å². The summed E-state index contributed by atoms with van der Waals surface area (Å²) in [6, 6.07) is 37.7. The maximum Gasteiger partial charge on any atom is 0.410 e. The number of nitriles is 3. The van der Waals surface area contributed by atoms with Crippen molar-refractivity contribution in [1.29, 1.82) is 15.8 Å². The summed E-state index contributed by atoms with van der Waals surface area (Å²) in [5, 5.41) is 34.9. The zero-order valence-corrected chi connectivity index (χ0v) is 63.3. The molecule has 0 unspecified atom stereocenters. The Hall–Kier alpha value is -8.67. The lowest BCUT2D eigenvalue weighted by Gasteiger charge is -2.33. The van der Waals surface area contributed by atoms with Crippen LogP contribution < -0.4 is 34.3 Å². The van der Waals surface area contributed by atoms with Crippen molar-refractivity contribution < 1.29 is 58.2 Å². The van der Waals surface area contributed by atoms with Crippen molar-refractivity contribution in [3.8, 4) is 41.2 Å². The Balaban J connectivity index is 0.000000198. The van der Waals surface area contributed by atoms with Crippen LogP contribution in [0.15, 0.2) is 171 Å². The molecule has 3 saturated heterocycles. The summed E-state index contributed by atoms with van der Waals surface area (Å²) in [6.07, 6.45) is 3.76. The lowest BCUT2D eigenvalue weighted by molar-refractivity contribution is 0.0203. The standard InChI is InChI=1S/C25H21Cl2FN4O4S.C24H28ClN3O4S2.C23H25ClN4O4S/c26-17-11-18(27)13-22(12-17)36-23-5-4-16(15-29)10-24(23)37(34,35)31-20-6-8-32(9-7-20)25(33)30-21-3-1-2-19(28)14-21;1-16-11-18(25)14-20(12-16)33-21-6-5-17(15-26)13-22(21)34(30,31)27-19-7-9-28(10-8-19)23(29)32-24(2,3)4;1-3-8-26-23(29)28-9-6-19(7-10-28)27-33(30,31)22-13-17(15-25)4-5-21(22)32-20-12-16(2)11-18(24)14-20/h1-5,10-14,20,31H,6-9H2,(H,30,33);5-6,11-14,19,27H,7-10H2,1-4H3;3-5,11-14,19,27H,1,6-10H2,2H3,(H,26,29). The number of nitrogens with one attached hydrogen (secondary N) is 5. The first kappa shape index (κ1) is 81.0. The van der Waals surface area contributed by atoms with Gasteiger partial charge in [-0.3, -0.25) is 0 Å². The van der Waals surface area contributed by atoms with E-state index in [1.165, 1.54) is 95.5 Å². The molecule has 7 aromatic rings. The molecule has 7 aromatic carbocycles. The van der Waals surface area contributed by atoms with Gasteiger partial charge in [-0.25, -0.2) is 58.2 Å². The quantitative estimate of drug-likeness (QED) is 0.0499. The van der Waals surface area contributed by atoms with Crippen molar-refractivity contribution in [2.24, 2.45) is 0 Å². The fourth-order valence-electron chi connectivity index (χ4n) is 10.9. The van der Waals surface area contributed by atoms with Gasteiger partial charge in [0.25, 0.3) is 0 Å². The summed E-state index contributed by atoms with van der Waals surface area (Å²) in [5.74, 6) is 0.241. The van der Waals surface area contributed by atoms with E-state index in [1.54, 1.807) is 79.1 Å². The number of likely N-dealkylation sites (tertiary alicyclic amines) is 3. The molecule has 5 N–H and O–H groups in total. The fraction of sp³-hybridized carbons (Fsp3) is 0.306. The number of amides is 5. The SMILES string of the molecule is C=CCNC(=O)N1CCC(NS(=O)(=O)c2cc(C#N)ccc2Oc2cc(C)cc(Cl)c2)CC1.Cc1cc(Cl)cc(Sc2ccc(C#N)cc2S(=O)(=O)NC2CCN(C(=O)OC(C)(C)C)CC2)c1.N#Cc1ccc(Oc2cc(Cl)cc(Cl)c2)c(S(=O)(=O)NC2CCN(C(=O)Nc3cccc(F)c3)CC2)c1. The number of carbonyl (C=O) groups excluding carboxylic acids is 3. The second-order valence-electron chi connectivity index (χ2n) is 25.2. The summed E-state index contributed by atoms with van der Waals surface area (Å²) in [6.45, 7) is 15.3. The molecule has 3 fully saturated rings. The van der Waals surface area contributed by atoms with Gasteiger partial charge in [-0.2, -0.15) is 15.8 Å². The van der Waals surface area contributed by atoms with E-state index in [0.29, 0.717) is 108 Å². The molecule has 0 atom stereocenters. The predicted octanol–water partition coefficient (Wildman–Crippen LogP) is 15.1. The van der Waals surface area contributed by atoms with E-state index in [9.17, 15) is 59.8 Å². The van der Waals surface area contributed by atoms with E-state index in [2.05, 4.69) is 31.4 Å². The van der Waals surface area contributed by atoms with Gasteiger partial charge in [0.15, 0.2) is 0 Å². The molecule has 0 spiro atoms. The Kier molecular flexibility index (Phi) is 28.3.